The van der Waals surface area contributed by atoms with Crippen molar-refractivity contribution in [3.05, 3.63) is 0 Å². The molecule has 0 bridgehead atoms. The van der Waals surface area contributed by atoms with Gasteiger partial charge in [-0.1, -0.05) is 0 Å². The predicted molar refractivity (Wildman–Crippen MR) is 22.5 cm³/mol. The first-order valence-electron chi connectivity index (χ1n) is 1.90. The average molecular weight is 287 g/mol. The quantitative estimate of drug-likeness (QED) is 0.183. The van der Waals surface area contributed by atoms with Crippen LogP contribution in [0.15, 0.2) is 0 Å². The molecule has 15 heavy (non-hydrogen) atoms. The standard InChI is InChI=1S/2ClHO4.Mg.2H4N2/c2*2-1(3,4)5;;2*1-2/h2*(H,2,3,4,5);;2*1-2H2/q;;+2;;/p-2. The Morgan fingerprint density at radius 3 is 0.467 bits per heavy atom. The molecule has 0 fully saturated rings. The van der Waals surface area contributed by atoms with E-state index in [0.29, 0.717) is 0 Å². The van der Waals surface area contributed by atoms with Crippen LogP contribution in [0.25, 0.3) is 0 Å². The number of hydrogen-bond donors (Lipinski definition) is 4. The van der Waals surface area contributed by atoms with Gasteiger partial charge in [0.1, 0.15) is 0 Å². The molecule has 0 aliphatic heterocycles. The zero-order valence-corrected chi connectivity index (χ0v) is 9.96. The molecular formula is H8Cl2MgN4O8. The van der Waals surface area contributed by atoms with Crippen LogP contribution in [0, 0.1) is 20.5 Å². The summed E-state index contributed by atoms with van der Waals surface area (Å²) in [7, 11) is -9.89. The molecule has 0 heterocycles. The molecule has 0 radical (unpaired) electrons. The van der Waals surface area contributed by atoms with E-state index >= 15 is 0 Å². The normalized spacial score (nSPS) is 8.80. The number of halogens is 2. The third-order valence-corrected chi connectivity index (χ3v) is 0. The summed E-state index contributed by atoms with van der Waals surface area (Å²) in [6.45, 7) is 0. The van der Waals surface area contributed by atoms with Crippen molar-refractivity contribution in [2.75, 3.05) is 0 Å². The Kier molecular flexibility index (Phi) is 34.2. The van der Waals surface area contributed by atoms with Crippen molar-refractivity contribution in [2.45, 2.75) is 0 Å². The zero-order valence-electron chi connectivity index (χ0n) is 7.04. The maximum Gasteiger partial charge on any atom is 2.00 e. The Labute approximate surface area is 104 Å². The summed E-state index contributed by atoms with van der Waals surface area (Å²) in [5, 5.41) is 0. The van der Waals surface area contributed by atoms with Crippen LogP contribution in [0.4, 0.5) is 0 Å². The molecule has 0 saturated heterocycles. The largest absolute Gasteiger partial charge is 2.00 e. The maximum absolute atomic E-state index is 8.49. The molecule has 0 aromatic heterocycles. The van der Waals surface area contributed by atoms with Gasteiger partial charge < -0.3 is 0 Å². The first kappa shape index (κ1) is 29.7. The van der Waals surface area contributed by atoms with Gasteiger partial charge in [0.05, 0.1) is 0 Å². The molecule has 0 rings (SSSR count). The fourth-order valence-corrected chi connectivity index (χ4v) is 0. The van der Waals surface area contributed by atoms with Crippen molar-refractivity contribution in [3.8, 4) is 0 Å². The van der Waals surface area contributed by atoms with Crippen LogP contribution in [0.5, 0.6) is 0 Å². The second-order valence-corrected chi connectivity index (χ2v) is 2.27. The molecule has 0 aliphatic rings. The average Bonchev–Trinajstić information content (AvgIpc) is 1.88. The summed E-state index contributed by atoms with van der Waals surface area (Å²) in [4.78, 5) is 0. The third-order valence-electron chi connectivity index (χ3n) is 0. The minimum atomic E-state index is -4.94. The van der Waals surface area contributed by atoms with Gasteiger partial charge in [-0.15, -0.1) is 20.5 Å². The van der Waals surface area contributed by atoms with E-state index in [1.54, 1.807) is 0 Å². The molecule has 0 aromatic rings. The molecule has 12 nitrogen and oxygen atoms in total. The molecule has 0 atom stereocenters. The number of nitrogens with two attached hydrogens (primary N) is 4. The van der Waals surface area contributed by atoms with Crippen LogP contribution < -0.4 is 60.6 Å². The van der Waals surface area contributed by atoms with E-state index in [2.05, 4.69) is 23.4 Å². The minimum absolute atomic E-state index is 0. The number of hydrazine groups is 2. The summed E-state index contributed by atoms with van der Waals surface area (Å²) in [5.74, 6) is 16.0. The maximum atomic E-state index is 8.49. The number of rotatable bonds is 0. The first-order chi connectivity index (χ1) is 6.00. The van der Waals surface area contributed by atoms with Crippen molar-refractivity contribution in [3.63, 3.8) is 0 Å². The Bertz CT molecular complexity index is 67.6. The topological polar surface area (TPSA) is 289 Å². The Hall–Kier alpha value is 0.866. The van der Waals surface area contributed by atoms with Crippen LogP contribution in [-0.2, 0) is 0 Å². The van der Waals surface area contributed by atoms with E-state index in [4.69, 9.17) is 37.3 Å². The van der Waals surface area contributed by atoms with E-state index in [9.17, 15) is 0 Å². The van der Waals surface area contributed by atoms with Crippen molar-refractivity contribution in [2.24, 2.45) is 23.4 Å². The van der Waals surface area contributed by atoms with Gasteiger partial charge in [-0.25, -0.2) is 37.3 Å². The van der Waals surface area contributed by atoms with Crippen molar-refractivity contribution >= 4 is 23.1 Å². The molecule has 92 valence electrons. The molecule has 0 unspecified atom stereocenters. The summed E-state index contributed by atoms with van der Waals surface area (Å²) in [6.07, 6.45) is 0. The Morgan fingerprint density at radius 2 is 0.467 bits per heavy atom. The first-order valence-corrected chi connectivity index (χ1v) is 4.37. The van der Waals surface area contributed by atoms with E-state index in [-0.39, 0.29) is 23.1 Å². The van der Waals surface area contributed by atoms with Gasteiger partial charge in [-0.2, -0.15) is 0 Å². The molecule has 0 aromatic carbocycles. The van der Waals surface area contributed by atoms with Gasteiger partial charge in [0.2, 0.25) is 0 Å². The molecular weight excluding hydrogens is 279 g/mol. The predicted octanol–water partition coefficient (Wildman–Crippen LogP) is -12.3. The van der Waals surface area contributed by atoms with Gasteiger partial charge >= 0.3 is 23.1 Å². The van der Waals surface area contributed by atoms with Gasteiger partial charge in [-0.3, -0.25) is 23.4 Å². The zero-order chi connectivity index (χ0) is 13.0. The monoisotopic (exact) mass is 286 g/mol. The van der Waals surface area contributed by atoms with Gasteiger partial charge in [0.25, 0.3) is 0 Å². The van der Waals surface area contributed by atoms with Gasteiger partial charge in [-0.05, 0) is 0 Å². The van der Waals surface area contributed by atoms with E-state index in [0.717, 1.165) is 0 Å². The van der Waals surface area contributed by atoms with Crippen molar-refractivity contribution in [1.82, 2.24) is 0 Å². The summed E-state index contributed by atoms with van der Waals surface area (Å²) >= 11 is 0. The van der Waals surface area contributed by atoms with Crippen molar-refractivity contribution in [1.29, 1.82) is 0 Å². The minimum Gasteiger partial charge on any atom is -0.274 e. The molecule has 0 spiro atoms. The van der Waals surface area contributed by atoms with Gasteiger partial charge in [0, 0.05) is 0 Å². The van der Waals surface area contributed by atoms with E-state index in [1.807, 2.05) is 0 Å². The second-order valence-electron chi connectivity index (χ2n) is 0.756. The third kappa shape index (κ3) is 3280. The summed E-state index contributed by atoms with van der Waals surface area (Å²) < 4.78 is 67.9. The van der Waals surface area contributed by atoms with E-state index in [1.165, 1.54) is 0 Å². The summed E-state index contributed by atoms with van der Waals surface area (Å²) in [6, 6.07) is 0. The SMILES string of the molecule is NN.NN.[Mg+2].[O-][Cl+3]([O-])([O-])[O-].[O-][Cl+3]([O-])([O-])[O-]. The summed E-state index contributed by atoms with van der Waals surface area (Å²) in [5.41, 5.74) is 0. The molecule has 0 saturated carbocycles. The number of hydrogen-bond acceptors (Lipinski definition) is 12. The Balaban J connectivity index is -0.0000000318. The van der Waals surface area contributed by atoms with Crippen molar-refractivity contribution < 1.29 is 57.8 Å². The smallest absolute Gasteiger partial charge is 0.274 e. The van der Waals surface area contributed by atoms with Crippen LogP contribution >= 0.6 is 0 Å². The second kappa shape index (κ2) is 17.3. The Morgan fingerprint density at radius 1 is 0.467 bits per heavy atom. The fraction of sp³-hybridized carbons (Fsp3) is 0. The molecule has 8 N–H and O–H groups in total. The van der Waals surface area contributed by atoms with Crippen LogP contribution in [0.3, 0.4) is 0 Å². The van der Waals surface area contributed by atoms with Gasteiger partial charge in [0.15, 0.2) is 0 Å². The van der Waals surface area contributed by atoms with E-state index < -0.39 is 20.5 Å². The molecule has 15 heteroatoms. The van der Waals surface area contributed by atoms with Crippen LogP contribution in [0.2, 0.25) is 0 Å². The van der Waals surface area contributed by atoms with Crippen LogP contribution in [-0.4, -0.2) is 23.1 Å². The fourth-order valence-electron chi connectivity index (χ4n) is 0. The van der Waals surface area contributed by atoms with Crippen LogP contribution in [0.1, 0.15) is 0 Å². The molecule has 0 aliphatic carbocycles. The molecule has 0 amide bonds.